The summed E-state index contributed by atoms with van der Waals surface area (Å²) in [5.74, 6) is -0.136. The van der Waals surface area contributed by atoms with Gasteiger partial charge in [0.1, 0.15) is 5.60 Å². The lowest BCUT2D eigenvalue weighted by Crippen LogP contribution is -2.44. The van der Waals surface area contributed by atoms with Crippen molar-refractivity contribution >= 4 is 5.78 Å². The van der Waals surface area contributed by atoms with Crippen molar-refractivity contribution in [2.24, 2.45) is 0 Å². The van der Waals surface area contributed by atoms with Crippen LogP contribution in [0.15, 0.2) is 48.5 Å². The van der Waals surface area contributed by atoms with Crippen LogP contribution >= 0.6 is 0 Å². The van der Waals surface area contributed by atoms with E-state index in [1.54, 1.807) is 0 Å². The molecule has 0 aliphatic heterocycles. The maximum atomic E-state index is 12.6. The maximum absolute atomic E-state index is 12.6. The average molecular weight is 266 g/mol. The summed E-state index contributed by atoms with van der Waals surface area (Å²) >= 11 is 0. The van der Waals surface area contributed by atoms with E-state index in [9.17, 15) is 9.90 Å². The van der Waals surface area contributed by atoms with Gasteiger partial charge in [-0.25, -0.2) is 0 Å². The molecule has 0 amide bonds. The van der Waals surface area contributed by atoms with Gasteiger partial charge in [0, 0.05) is 12.0 Å². The summed E-state index contributed by atoms with van der Waals surface area (Å²) in [5.41, 5.74) is 2.62. The molecule has 1 N–H and O–H groups in total. The summed E-state index contributed by atoms with van der Waals surface area (Å²) in [4.78, 5) is 12.6. The smallest absolute Gasteiger partial charge is 0.194 e. The van der Waals surface area contributed by atoms with Crippen LogP contribution in [0.3, 0.4) is 0 Å². The van der Waals surface area contributed by atoms with E-state index in [0.717, 1.165) is 23.1 Å². The fraction of sp³-hybridized carbons (Fsp3) is 0.278. The van der Waals surface area contributed by atoms with Crippen molar-refractivity contribution in [3.05, 3.63) is 70.8 Å². The molecule has 0 bridgehead atoms. The molecular formula is C18H18O2. The van der Waals surface area contributed by atoms with Gasteiger partial charge in [0.2, 0.25) is 0 Å². The van der Waals surface area contributed by atoms with E-state index in [4.69, 9.17) is 0 Å². The Bertz CT molecular complexity index is 660. The van der Waals surface area contributed by atoms with Gasteiger partial charge in [0.05, 0.1) is 0 Å². The Morgan fingerprint density at radius 1 is 1.10 bits per heavy atom. The SMILES string of the molecule is Cc1ccccc1CC1(O)CCc2ccccc2C1=O. The van der Waals surface area contributed by atoms with Crippen LogP contribution in [0, 0.1) is 6.92 Å². The average Bonchev–Trinajstić information content (AvgIpc) is 2.46. The highest BCUT2D eigenvalue weighted by Crippen LogP contribution is 2.32. The van der Waals surface area contributed by atoms with E-state index < -0.39 is 5.60 Å². The summed E-state index contributed by atoms with van der Waals surface area (Å²) in [7, 11) is 0. The van der Waals surface area contributed by atoms with Crippen LogP contribution in [0.2, 0.25) is 0 Å². The fourth-order valence-corrected chi connectivity index (χ4v) is 2.96. The molecular weight excluding hydrogens is 248 g/mol. The minimum atomic E-state index is -1.26. The molecule has 0 fully saturated rings. The highest BCUT2D eigenvalue weighted by Gasteiger charge is 2.40. The Labute approximate surface area is 119 Å². The van der Waals surface area contributed by atoms with Crippen LogP contribution in [0.1, 0.15) is 33.5 Å². The monoisotopic (exact) mass is 266 g/mol. The third-order valence-electron chi connectivity index (χ3n) is 4.24. The second-order valence-electron chi connectivity index (χ2n) is 5.62. The Balaban J connectivity index is 1.95. The van der Waals surface area contributed by atoms with Crippen LogP contribution in [-0.2, 0) is 12.8 Å². The van der Waals surface area contributed by atoms with Crippen molar-refractivity contribution in [2.75, 3.05) is 0 Å². The molecule has 0 saturated carbocycles. The second kappa shape index (κ2) is 4.88. The predicted molar refractivity (Wildman–Crippen MR) is 78.9 cm³/mol. The summed E-state index contributed by atoms with van der Waals surface area (Å²) < 4.78 is 0. The molecule has 0 heterocycles. The number of aliphatic hydroxyl groups is 1. The quantitative estimate of drug-likeness (QED) is 0.907. The number of ketones is 1. The summed E-state index contributed by atoms with van der Waals surface area (Å²) in [6.45, 7) is 2.01. The number of rotatable bonds is 2. The Hall–Kier alpha value is -1.93. The van der Waals surface area contributed by atoms with E-state index in [1.165, 1.54) is 0 Å². The van der Waals surface area contributed by atoms with Crippen molar-refractivity contribution in [3.8, 4) is 0 Å². The van der Waals surface area contributed by atoms with E-state index >= 15 is 0 Å². The first kappa shape index (κ1) is 13.1. The molecule has 102 valence electrons. The van der Waals surface area contributed by atoms with Gasteiger partial charge >= 0.3 is 0 Å². The molecule has 2 heteroatoms. The molecule has 1 aliphatic rings. The Kier molecular flexibility index (Phi) is 3.19. The van der Waals surface area contributed by atoms with E-state index in [1.807, 2.05) is 55.5 Å². The zero-order chi connectivity index (χ0) is 14.2. The van der Waals surface area contributed by atoms with Crippen LogP contribution < -0.4 is 0 Å². The molecule has 2 aromatic rings. The third-order valence-corrected chi connectivity index (χ3v) is 4.24. The van der Waals surface area contributed by atoms with E-state index in [0.29, 0.717) is 18.4 Å². The molecule has 1 aliphatic carbocycles. The lowest BCUT2D eigenvalue weighted by molar-refractivity contribution is 0.0245. The van der Waals surface area contributed by atoms with E-state index in [-0.39, 0.29) is 5.78 Å². The van der Waals surface area contributed by atoms with Crippen molar-refractivity contribution in [3.63, 3.8) is 0 Å². The highest BCUT2D eigenvalue weighted by atomic mass is 16.3. The van der Waals surface area contributed by atoms with Gasteiger partial charge in [-0.1, -0.05) is 48.5 Å². The molecule has 1 unspecified atom stereocenters. The zero-order valence-corrected chi connectivity index (χ0v) is 11.6. The lowest BCUT2D eigenvalue weighted by Gasteiger charge is -2.32. The number of hydrogen-bond donors (Lipinski definition) is 1. The number of benzene rings is 2. The van der Waals surface area contributed by atoms with Gasteiger partial charge in [-0.05, 0) is 36.5 Å². The topological polar surface area (TPSA) is 37.3 Å². The number of hydrogen-bond acceptors (Lipinski definition) is 2. The van der Waals surface area contributed by atoms with Crippen LogP contribution in [-0.4, -0.2) is 16.5 Å². The summed E-state index contributed by atoms with van der Waals surface area (Å²) in [6, 6.07) is 15.5. The first-order chi connectivity index (χ1) is 9.60. The highest BCUT2D eigenvalue weighted by molar-refractivity contribution is 6.04. The maximum Gasteiger partial charge on any atom is 0.194 e. The number of fused-ring (bicyclic) bond motifs is 1. The van der Waals surface area contributed by atoms with Crippen LogP contribution in [0.4, 0.5) is 0 Å². The minimum Gasteiger partial charge on any atom is -0.381 e. The number of carbonyl (C=O) groups is 1. The molecule has 2 aromatic carbocycles. The molecule has 20 heavy (non-hydrogen) atoms. The largest absolute Gasteiger partial charge is 0.381 e. The van der Waals surface area contributed by atoms with Crippen molar-refractivity contribution in [1.82, 2.24) is 0 Å². The van der Waals surface area contributed by atoms with Gasteiger partial charge < -0.3 is 5.11 Å². The number of carbonyl (C=O) groups excluding carboxylic acids is 1. The number of Topliss-reactive ketones (excluding diaryl/α,β-unsaturated/α-hetero) is 1. The van der Waals surface area contributed by atoms with Gasteiger partial charge in [0.25, 0.3) is 0 Å². The molecule has 2 nitrogen and oxygen atoms in total. The summed E-state index contributed by atoms with van der Waals surface area (Å²) in [6.07, 6.45) is 1.65. The second-order valence-corrected chi connectivity index (χ2v) is 5.62. The van der Waals surface area contributed by atoms with Gasteiger partial charge in [-0.2, -0.15) is 0 Å². The molecule has 0 spiro atoms. The molecule has 1 atom stereocenters. The fourth-order valence-electron chi connectivity index (χ4n) is 2.96. The predicted octanol–water partition coefficient (Wildman–Crippen LogP) is 3.10. The normalized spacial score (nSPS) is 21.6. The molecule has 0 radical (unpaired) electrons. The van der Waals surface area contributed by atoms with Gasteiger partial charge in [0.15, 0.2) is 5.78 Å². The zero-order valence-electron chi connectivity index (χ0n) is 11.6. The summed E-state index contributed by atoms with van der Waals surface area (Å²) in [5, 5.41) is 10.8. The van der Waals surface area contributed by atoms with Crippen molar-refractivity contribution in [1.29, 1.82) is 0 Å². The Morgan fingerprint density at radius 2 is 1.80 bits per heavy atom. The Morgan fingerprint density at radius 3 is 2.60 bits per heavy atom. The standard InChI is InChI=1S/C18H18O2/c1-13-6-2-3-8-15(13)12-18(20)11-10-14-7-4-5-9-16(14)17(18)19/h2-9,20H,10-12H2,1H3. The van der Waals surface area contributed by atoms with Gasteiger partial charge in [-0.3, -0.25) is 4.79 Å². The van der Waals surface area contributed by atoms with Crippen LogP contribution in [0.5, 0.6) is 0 Å². The van der Waals surface area contributed by atoms with Gasteiger partial charge in [-0.15, -0.1) is 0 Å². The first-order valence-corrected chi connectivity index (χ1v) is 7.00. The molecule has 3 rings (SSSR count). The lowest BCUT2D eigenvalue weighted by atomic mass is 9.76. The molecule has 0 aromatic heterocycles. The molecule has 0 saturated heterocycles. The van der Waals surface area contributed by atoms with Crippen molar-refractivity contribution < 1.29 is 9.90 Å². The minimum absolute atomic E-state index is 0.136. The van der Waals surface area contributed by atoms with Crippen molar-refractivity contribution in [2.45, 2.75) is 31.8 Å². The van der Waals surface area contributed by atoms with E-state index in [2.05, 4.69) is 0 Å². The first-order valence-electron chi connectivity index (χ1n) is 7.00. The number of aryl methyl sites for hydroxylation is 2. The van der Waals surface area contributed by atoms with Crippen LogP contribution in [0.25, 0.3) is 0 Å². The third kappa shape index (κ3) is 2.16.